The van der Waals surface area contributed by atoms with Gasteiger partial charge in [0.2, 0.25) is 5.91 Å². The number of aryl methyl sites for hydroxylation is 1. The SMILES string of the molecule is C=IC(F)(F)CCCc1nc(-c2ccc(C(F)(F)F)cc2)cc(=O)n1CC(=O)N1CC(N)C1. The number of rotatable bonds is 8. The average molecular weight is 584 g/mol. The Morgan fingerprint density at radius 1 is 1.18 bits per heavy atom. The van der Waals surface area contributed by atoms with Crippen molar-refractivity contribution < 1.29 is 26.7 Å². The van der Waals surface area contributed by atoms with Crippen molar-refractivity contribution in [2.45, 2.75) is 42.0 Å². The number of carbonyl (C=O) groups excluding carboxylic acids is 1. The Bertz CT molecular complexity index is 1080. The highest BCUT2D eigenvalue weighted by atomic mass is 127. The Hall–Kier alpha value is -2.22. The maximum Gasteiger partial charge on any atom is 0.416 e. The van der Waals surface area contributed by atoms with Gasteiger partial charge in [0.05, 0.1) is 11.3 Å². The molecule has 2 heterocycles. The topological polar surface area (TPSA) is 81.2 Å². The van der Waals surface area contributed by atoms with Crippen LogP contribution >= 0.6 is 20.7 Å². The van der Waals surface area contributed by atoms with E-state index in [9.17, 15) is 31.5 Å². The van der Waals surface area contributed by atoms with E-state index in [1.165, 1.54) is 17.0 Å². The minimum atomic E-state index is -4.51. The van der Waals surface area contributed by atoms with Crippen molar-refractivity contribution in [3.05, 3.63) is 52.1 Å². The zero-order chi connectivity index (χ0) is 24.4. The van der Waals surface area contributed by atoms with Crippen molar-refractivity contribution in [2.24, 2.45) is 5.73 Å². The molecular weight excluding hydrogens is 562 g/mol. The lowest BCUT2D eigenvalue weighted by Crippen LogP contribution is -2.58. The predicted octanol–water partition coefficient (Wildman–Crippen LogP) is 3.42. The standard InChI is InChI=1S/C21H22F5IN4O2/c1-27-20(22,23)8-2-3-17-29-16(13-4-6-14(7-5-13)21(24,25)26)9-18(32)31(17)12-19(33)30-10-15(28)11-30/h4-7,9,15H,1-3,8,10-12,28H2. The third-order valence-electron chi connectivity index (χ3n) is 5.21. The monoisotopic (exact) mass is 584 g/mol. The molecule has 1 aliphatic rings. The third-order valence-corrected chi connectivity index (χ3v) is 6.86. The summed E-state index contributed by atoms with van der Waals surface area (Å²) in [6, 6.07) is 5.11. The minimum absolute atomic E-state index is 0.00413. The smallest absolute Gasteiger partial charge is 0.338 e. The Balaban J connectivity index is 1.90. The zero-order valence-corrected chi connectivity index (χ0v) is 19.6. The molecule has 12 heteroatoms. The number of benzene rings is 1. The van der Waals surface area contributed by atoms with Crippen LogP contribution in [0, 0.1) is 0 Å². The van der Waals surface area contributed by atoms with Gasteiger partial charge in [0, 0.05) is 43.6 Å². The summed E-state index contributed by atoms with van der Waals surface area (Å²) < 4.78 is 67.4. The average Bonchev–Trinajstić information content (AvgIpc) is 2.72. The van der Waals surface area contributed by atoms with Crippen LogP contribution in [0.15, 0.2) is 35.1 Å². The minimum Gasteiger partial charge on any atom is -0.338 e. The van der Waals surface area contributed by atoms with E-state index in [2.05, 4.69) is 9.50 Å². The molecule has 0 saturated carbocycles. The molecule has 1 fully saturated rings. The van der Waals surface area contributed by atoms with E-state index in [1.54, 1.807) is 0 Å². The number of alkyl halides is 6. The van der Waals surface area contributed by atoms with Crippen LogP contribution in [0.5, 0.6) is 0 Å². The summed E-state index contributed by atoms with van der Waals surface area (Å²) in [5.74, 6) is -0.230. The van der Waals surface area contributed by atoms with Crippen molar-refractivity contribution in [3.8, 4) is 11.3 Å². The van der Waals surface area contributed by atoms with Crippen LogP contribution in [0.25, 0.3) is 11.3 Å². The number of likely N-dealkylation sites (tertiary alicyclic amines) is 1. The summed E-state index contributed by atoms with van der Waals surface area (Å²) in [4.78, 5) is 31.1. The maximum absolute atomic E-state index is 13.7. The maximum atomic E-state index is 13.7. The Labute approximate surface area is 196 Å². The van der Waals surface area contributed by atoms with Crippen molar-refractivity contribution >= 4 is 31.2 Å². The Morgan fingerprint density at radius 2 is 1.82 bits per heavy atom. The lowest BCUT2D eigenvalue weighted by atomic mass is 10.1. The van der Waals surface area contributed by atoms with Crippen molar-refractivity contribution in [3.63, 3.8) is 0 Å². The Morgan fingerprint density at radius 3 is 2.36 bits per heavy atom. The first kappa shape index (κ1) is 25.4. The van der Waals surface area contributed by atoms with E-state index in [-0.39, 0.29) is 48.4 Å². The third kappa shape index (κ3) is 6.43. The number of nitrogens with two attached hydrogens (primary N) is 1. The van der Waals surface area contributed by atoms with Gasteiger partial charge in [-0.3, -0.25) is 14.2 Å². The first-order valence-corrected chi connectivity index (χ1v) is 12.6. The van der Waals surface area contributed by atoms with Crippen LogP contribution in [0.2, 0.25) is 0 Å². The molecule has 0 unspecified atom stereocenters. The molecule has 2 N–H and O–H groups in total. The molecule has 2 aromatic rings. The van der Waals surface area contributed by atoms with Crippen LogP contribution in [-0.2, 0) is 23.9 Å². The fourth-order valence-electron chi connectivity index (χ4n) is 3.36. The van der Waals surface area contributed by atoms with E-state index in [0.717, 1.165) is 22.8 Å². The van der Waals surface area contributed by atoms with Crippen LogP contribution in [0.1, 0.15) is 24.2 Å². The van der Waals surface area contributed by atoms with Gasteiger partial charge in [0.25, 0.3) is 9.49 Å². The number of amides is 1. The molecule has 1 aromatic heterocycles. The quantitative estimate of drug-likeness (QED) is 0.293. The zero-order valence-electron chi connectivity index (χ0n) is 17.4. The molecule has 1 aromatic carbocycles. The van der Waals surface area contributed by atoms with Gasteiger partial charge >= 0.3 is 6.18 Å². The summed E-state index contributed by atoms with van der Waals surface area (Å²) in [5.41, 5.74) is 4.61. The molecule has 0 spiro atoms. The van der Waals surface area contributed by atoms with Gasteiger partial charge in [-0.05, 0) is 18.6 Å². The highest BCUT2D eigenvalue weighted by Crippen LogP contribution is 2.33. The molecule has 3 rings (SSSR count). The molecule has 1 aliphatic heterocycles. The van der Waals surface area contributed by atoms with Gasteiger partial charge in [-0.15, -0.1) is 0 Å². The van der Waals surface area contributed by atoms with E-state index >= 15 is 0 Å². The van der Waals surface area contributed by atoms with Crippen LogP contribution in [0.4, 0.5) is 22.0 Å². The summed E-state index contributed by atoms with van der Waals surface area (Å²) in [5, 5.41) is 0. The van der Waals surface area contributed by atoms with Gasteiger partial charge in [-0.2, -0.15) is 22.0 Å². The number of hydrogen-bond acceptors (Lipinski definition) is 4. The molecule has 0 atom stereocenters. The fraction of sp³-hybridized carbons (Fsp3) is 0.429. The van der Waals surface area contributed by atoms with Gasteiger partial charge in [-0.1, -0.05) is 37.4 Å². The second-order valence-electron chi connectivity index (χ2n) is 7.72. The first-order chi connectivity index (χ1) is 15.4. The normalized spacial score (nSPS) is 14.9. The first-order valence-electron chi connectivity index (χ1n) is 9.99. The molecule has 180 valence electrons. The van der Waals surface area contributed by atoms with Crippen molar-refractivity contribution in [1.82, 2.24) is 14.5 Å². The number of aromatic nitrogens is 2. The lowest BCUT2D eigenvalue weighted by molar-refractivity contribution is -0.137. The molecule has 33 heavy (non-hydrogen) atoms. The largest absolute Gasteiger partial charge is 0.416 e. The van der Waals surface area contributed by atoms with Gasteiger partial charge in [-0.25, -0.2) is 4.98 Å². The van der Waals surface area contributed by atoms with Gasteiger partial charge in [0.1, 0.15) is 12.4 Å². The lowest BCUT2D eigenvalue weighted by Gasteiger charge is -2.37. The molecule has 0 bridgehead atoms. The highest BCUT2D eigenvalue weighted by molar-refractivity contribution is 14.2. The predicted molar refractivity (Wildman–Crippen MR) is 123 cm³/mol. The van der Waals surface area contributed by atoms with Gasteiger partial charge in [0.15, 0.2) is 0 Å². The van der Waals surface area contributed by atoms with Crippen molar-refractivity contribution in [1.29, 1.82) is 0 Å². The second kappa shape index (κ2) is 9.95. The number of nitrogens with zero attached hydrogens (tertiary/aromatic N) is 3. The molecule has 6 nitrogen and oxygen atoms in total. The summed E-state index contributed by atoms with van der Waals surface area (Å²) in [7, 11) is 0. The Kier molecular flexibility index (Phi) is 7.66. The van der Waals surface area contributed by atoms with Crippen LogP contribution in [0.3, 0.4) is 0 Å². The number of hydrogen-bond donors (Lipinski definition) is 1. The van der Waals surface area contributed by atoms with Crippen LogP contribution < -0.4 is 11.3 Å². The van der Waals surface area contributed by atoms with E-state index in [1.807, 2.05) is 0 Å². The van der Waals surface area contributed by atoms with E-state index in [4.69, 9.17) is 5.73 Å². The summed E-state index contributed by atoms with van der Waals surface area (Å²) >= 11 is -1.55. The molecule has 0 radical (unpaired) electrons. The summed E-state index contributed by atoms with van der Waals surface area (Å²) in [6.07, 6.45) is -4.94. The summed E-state index contributed by atoms with van der Waals surface area (Å²) in [6.45, 7) is 0.401. The fourth-order valence-corrected chi connectivity index (χ4v) is 4.12. The molecule has 1 amide bonds. The second-order valence-corrected chi connectivity index (χ2v) is 10.1. The molecule has 0 aliphatic carbocycles. The number of carbonyl (C=O) groups is 1. The van der Waals surface area contributed by atoms with E-state index in [0.29, 0.717) is 13.1 Å². The van der Waals surface area contributed by atoms with E-state index < -0.39 is 48.4 Å². The molecule has 1 saturated heterocycles. The molecular formula is C21H22F5IN4O2. The number of halogens is 6. The highest BCUT2D eigenvalue weighted by Gasteiger charge is 2.31. The van der Waals surface area contributed by atoms with Gasteiger partial charge < -0.3 is 10.6 Å². The van der Waals surface area contributed by atoms with Crippen LogP contribution in [-0.4, -0.2) is 47.9 Å². The van der Waals surface area contributed by atoms with Crippen molar-refractivity contribution in [2.75, 3.05) is 13.1 Å².